The highest BCUT2D eigenvalue weighted by atomic mass is 16.5. The summed E-state index contributed by atoms with van der Waals surface area (Å²) in [6.45, 7) is 4.21. The molecule has 0 aromatic carbocycles. The zero-order valence-corrected chi connectivity index (χ0v) is 10.2. The molecular weight excluding hydrogens is 224 g/mol. The molecule has 0 unspecified atom stereocenters. The van der Waals surface area contributed by atoms with Crippen molar-refractivity contribution in [3.05, 3.63) is 32.6 Å². The van der Waals surface area contributed by atoms with Crippen molar-refractivity contribution in [1.82, 2.24) is 9.13 Å². The Bertz CT molecular complexity index is 527. The molecular formula is C11H16N2O4. The summed E-state index contributed by atoms with van der Waals surface area (Å²) in [4.78, 5) is 34.9. The van der Waals surface area contributed by atoms with Crippen molar-refractivity contribution >= 4 is 5.97 Å². The molecule has 0 saturated heterocycles. The fraction of sp³-hybridized carbons (Fsp3) is 0.545. The third-order valence-electron chi connectivity index (χ3n) is 2.31. The number of ether oxygens (including phenoxy) is 1. The Kier molecular flexibility index (Phi) is 4.25. The minimum atomic E-state index is -0.696. The maximum absolute atomic E-state index is 11.7. The van der Waals surface area contributed by atoms with E-state index >= 15 is 0 Å². The average molecular weight is 240 g/mol. The van der Waals surface area contributed by atoms with Crippen LogP contribution in [0.4, 0.5) is 0 Å². The van der Waals surface area contributed by atoms with Gasteiger partial charge in [-0.25, -0.2) is 9.59 Å². The van der Waals surface area contributed by atoms with Crippen molar-refractivity contribution in [2.75, 3.05) is 6.61 Å². The topological polar surface area (TPSA) is 70.3 Å². The normalized spacial score (nSPS) is 10.3. The third-order valence-corrected chi connectivity index (χ3v) is 2.31. The first-order valence-corrected chi connectivity index (χ1v) is 5.50. The molecule has 0 aliphatic rings. The molecule has 1 heterocycles. The number of hydrogen-bond donors (Lipinski definition) is 0. The average Bonchev–Trinajstić information content (AvgIpc) is 2.30. The molecule has 0 bridgehead atoms. The summed E-state index contributed by atoms with van der Waals surface area (Å²) in [5, 5.41) is 0. The second-order valence-electron chi connectivity index (χ2n) is 3.60. The van der Waals surface area contributed by atoms with Crippen LogP contribution < -0.4 is 11.2 Å². The third kappa shape index (κ3) is 2.64. The van der Waals surface area contributed by atoms with Crippen molar-refractivity contribution in [3.8, 4) is 0 Å². The van der Waals surface area contributed by atoms with E-state index in [1.807, 2.05) is 6.92 Å². The summed E-state index contributed by atoms with van der Waals surface area (Å²) in [6, 6.07) is 0. The predicted octanol–water partition coefficient (Wildman–Crippen LogP) is 0.134. The highest BCUT2D eigenvalue weighted by molar-refractivity contribution is 5.88. The van der Waals surface area contributed by atoms with Gasteiger partial charge in [0.05, 0.1) is 6.61 Å². The maximum atomic E-state index is 11.7. The number of aryl methyl sites for hydroxylation is 1. The number of hydrogen-bond acceptors (Lipinski definition) is 4. The molecule has 6 heteroatoms. The molecule has 0 amide bonds. The summed E-state index contributed by atoms with van der Waals surface area (Å²) >= 11 is 0. The van der Waals surface area contributed by atoms with E-state index in [9.17, 15) is 14.4 Å². The lowest BCUT2D eigenvalue weighted by Crippen LogP contribution is -2.40. The Morgan fingerprint density at radius 2 is 2.00 bits per heavy atom. The molecule has 0 atom stereocenters. The van der Waals surface area contributed by atoms with Crippen molar-refractivity contribution < 1.29 is 9.53 Å². The van der Waals surface area contributed by atoms with Crippen LogP contribution in [-0.2, 0) is 18.3 Å². The lowest BCUT2D eigenvalue weighted by atomic mass is 10.3. The first kappa shape index (κ1) is 13.2. The quantitative estimate of drug-likeness (QED) is 0.701. The van der Waals surface area contributed by atoms with E-state index in [0.29, 0.717) is 6.54 Å². The van der Waals surface area contributed by atoms with Gasteiger partial charge in [0.2, 0.25) is 0 Å². The summed E-state index contributed by atoms with van der Waals surface area (Å²) in [5.74, 6) is -0.696. The zero-order chi connectivity index (χ0) is 13.0. The lowest BCUT2D eigenvalue weighted by molar-refractivity contribution is 0.0522. The summed E-state index contributed by atoms with van der Waals surface area (Å²) in [6.07, 6.45) is 2.01. The van der Waals surface area contributed by atoms with Gasteiger partial charge in [-0.1, -0.05) is 6.92 Å². The van der Waals surface area contributed by atoms with Gasteiger partial charge >= 0.3 is 11.7 Å². The van der Waals surface area contributed by atoms with Gasteiger partial charge < -0.3 is 4.74 Å². The van der Waals surface area contributed by atoms with Gasteiger partial charge in [-0.05, 0) is 13.3 Å². The Morgan fingerprint density at radius 3 is 2.53 bits per heavy atom. The van der Waals surface area contributed by atoms with E-state index in [4.69, 9.17) is 4.74 Å². The molecule has 0 fully saturated rings. The van der Waals surface area contributed by atoms with Crippen LogP contribution in [0.25, 0.3) is 0 Å². The molecule has 0 saturated carbocycles. The van der Waals surface area contributed by atoms with Gasteiger partial charge in [-0.15, -0.1) is 0 Å². The zero-order valence-electron chi connectivity index (χ0n) is 10.2. The number of esters is 1. The van der Waals surface area contributed by atoms with Crippen LogP contribution in [0.1, 0.15) is 30.6 Å². The molecule has 0 aliphatic carbocycles. The van der Waals surface area contributed by atoms with E-state index in [1.54, 1.807) is 6.92 Å². The van der Waals surface area contributed by atoms with E-state index in [2.05, 4.69) is 0 Å². The maximum Gasteiger partial charge on any atom is 0.345 e. The molecule has 0 spiro atoms. The molecule has 6 nitrogen and oxygen atoms in total. The van der Waals surface area contributed by atoms with E-state index < -0.39 is 17.2 Å². The van der Waals surface area contributed by atoms with Crippen LogP contribution in [0, 0.1) is 0 Å². The monoisotopic (exact) mass is 240 g/mol. The molecule has 1 rings (SSSR count). The summed E-state index contributed by atoms with van der Waals surface area (Å²) in [7, 11) is 1.35. The second-order valence-corrected chi connectivity index (χ2v) is 3.60. The lowest BCUT2D eigenvalue weighted by Gasteiger charge is -2.08. The number of carbonyl (C=O) groups excluding carboxylic acids is 1. The van der Waals surface area contributed by atoms with Gasteiger partial charge in [-0.3, -0.25) is 13.9 Å². The van der Waals surface area contributed by atoms with Crippen molar-refractivity contribution in [1.29, 1.82) is 0 Å². The molecule has 17 heavy (non-hydrogen) atoms. The van der Waals surface area contributed by atoms with Crippen LogP contribution in [-0.4, -0.2) is 21.7 Å². The standard InChI is InChI=1S/C11H16N2O4/c1-4-6-13-7-8(10(15)17-5-2)9(14)12(3)11(13)16/h7H,4-6H2,1-3H3. The van der Waals surface area contributed by atoms with E-state index in [0.717, 1.165) is 11.0 Å². The van der Waals surface area contributed by atoms with Crippen LogP contribution in [0.15, 0.2) is 15.8 Å². The largest absolute Gasteiger partial charge is 0.462 e. The SMILES string of the molecule is CCCn1cc(C(=O)OCC)c(=O)n(C)c1=O. The van der Waals surface area contributed by atoms with Crippen LogP contribution >= 0.6 is 0 Å². The van der Waals surface area contributed by atoms with Crippen molar-refractivity contribution in [3.63, 3.8) is 0 Å². The molecule has 0 N–H and O–H groups in total. The molecule has 0 radical (unpaired) electrons. The number of aromatic nitrogens is 2. The summed E-state index contributed by atoms with van der Waals surface area (Å²) in [5.41, 5.74) is -1.16. The molecule has 94 valence electrons. The van der Waals surface area contributed by atoms with Crippen LogP contribution in [0.5, 0.6) is 0 Å². The fourth-order valence-electron chi connectivity index (χ4n) is 1.48. The highest BCUT2D eigenvalue weighted by Gasteiger charge is 2.16. The Labute approximate surface area is 98.4 Å². The fourth-order valence-corrected chi connectivity index (χ4v) is 1.48. The van der Waals surface area contributed by atoms with Gasteiger partial charge in [0.15, 0.2) is 0 Å². The Hall–Kier alpha value is -1.85. The Morgan fingerprint density at radius 1 is 1.35 bits per heavy atom. The number of nitrogens with zero attached hydrogens (tertiary/aromatic N) is 2. The first-order chi connectivity index (χ1) is 8.02. The predicted molar refractivity (Wildman–Crippen MR) is 62.2 cm³/mol. The van der Waals surface area contributed by atoms with Crippen molar-refractivity contribution in [2.45, 2.75) is 26.8 Å². The van der Waals surface area contributed by atoms with Gasteiger partial charge in [0.1, 0.15) is 5.56 Å². The highest BCUT2D eigenvalue weighted by Crippen LogP contribution is 1.94. The van der Waals surface area contributed by atoms with Crippen LogP contribution in [0.2, 0.25) is 0 Å². The molecule has 0 aliphatic heterocycles. The smallest absolute Gasteiger partial charge is 0.345 e. The summed E-state index contributed by atoms with van der Waals surface area (Å²) < 4.78 is 7.03. The first-order valence-electron chi connectivity index (χ1n) is 5.50. The number of rotatable bonds is 4. The van der Waals surface area contributed by atoms with E-state index in [1.165, 1.54) is 17.8 Å². The Balaban J connectivity index is 3.37. The second kappa shape index (κ2) is 5.47. The minimum absolute atomic E-state index is 0.109. The van der Waals surface area contributed by atoms with Gasteiger partial charge in [-0.2, -0.15) is 0 Å². The van der Waals surface area contributed by atoms with Gasteiger partial charge in [0, 0.05) is 19.8 Å². The van der Waals surface area contributed by atoms with Gasteiger partial charge in [0.25, 0.3) is 5.56 Å². The minimum Gasteiger partial charge on any atom is -0.462 e. The number of carbonyl (C=O) groups is 1. The van der Waals surface area contributed by atoms with Crippen molar-refractivity contribution in [2.24, 2.45) is 7.05 Å². The molecule has 1 aromatic heterocycles. The molecule has 1 aromatic rings. The van der Waals surface area contributed by atoms with Crippen LogP contribution in [0.3, 0.4) is 0 Å². The van der Waals surface area contributed by atoms with E-state index in [-0.39, 0.29) is 12.2 Å².